The molecule has 2 rings (SSSR count). The predicted octanol–water partition coefficient (Wildman–Crippen LogP) is -3.22. The van der Waals surface area contributed by atoms with Crippen molar-refractivity contribution in [3.8, 4) is 0 Å². The van der Waals surface area contributed by atoms with Crippen LogP contribution < -0.4 is 23.7 Å². The smallest absolute Gasteiger partial charge is 0.267 e. The Balaban J connectivity index is 0.00000180. The molecule has 1 saturated carbocycles. The van der Waals surface area contributed by atoms with E-state index in [9.17, 15) is 14.4 Å². The van der Waals surface area contributed by atoms with Crippen LogP contribution in [0.15, 0.2) is 12.2 Å². The zero-order valence-electron chi connectivity index (χ0n) is 10.7. The fourth-order valence-corrected chi connectivity index (χ4v) is 2.91. The van der Waals surface area contributed by atoms with Crippen LogP contribution in [0.25, 0.3) is 0 Å². The molecule has 1 amide bonds. The van der Waals surface area contributed by atoms with Crippen molar-refractivity contribution in [1.82, 2.24) is 5.43 Å². The highest BCUT2D eigenvalue weighted by molar-refractivity contribution is 6.18. The molecule has 0 radical (unpaired) electrons. The Bertz CT molecular complexity index is 383. The summed E-state index contributed by atoms with van der Waals surface area (Å²) in [6, 6.07) is 0. The maximum atomic E-state index is 11.5. The van der Waals surface area contributed by atoms with Crippen LogP contribution in [-0.2, 0) is 14.4 Å². The summed E-state index contributed by atoms with van der Waals surface area (Å²) in [5, 5.41) is 0. The lowest BCUT2D eigenvalue weighted by Crippen LogP contribution is -3.00. The highest BCUT2D eigenvalue weighted by atomic mass is 35.5. The summed E-state index contributed by atoms with van der Waals surface area (Å²) >= 11 is 0. The molecule has 2 aliphatic rings. The van der Waals surface area contributed by atoms with Crippen molar-refractivity contribution in [3.05, 3.63) is 12.2 Å². The summed E-state index contributed by atoms with van der Waals surface area (Å²) in [4.78, 5) is 34.4. The molecule has 6 heteroatoms. The Morgan fingerprint density at radius 3 is 2.16 bits per heavy atom. The zero-order valence-corrected chi connectivity index (χ0v) is 11.5. The third-order valence-corrected chi connectivity index (χ3v) is 4.06. The maximum absolute atomic E-state index is 11.5. The molecule has 106 valence electrons. The van der Waals surface area contributed by atoms with E-state index < -0.39 is 5.92 Å². The van der Waals surface area contributed by atoms with Gasteiger partial charge in [0.1, 0.15) is 0 Å². The zero-order chi connectivity index (χ0) is 13.1. The topological polar surface area (TPSA) is 90.9 Å². The van der Waals surface area contributed by atoms with Crippen LogP contribution in [0, 0.1) is 17.8 Å². The van der Waals surface area contributed by atoms with Gasteiger partial charge >= 0.3 is 0 Å². The summed E-state index contributed by atoms with van der Waals surface area (Å²) in [7, 11) is 0. The van der Waals surface area contributed by atoms with Crippen molar-refractivity contribution in [3.63, 3.8) is 0 Å². The van der Waals surface area contributed by atoms with Gasteiger partial charge in [0.2, 0.25) is 0 Å². The summed E-state index contributed by atoms with van der Waals surface area (Å²) in [5.74, 6) is 3.26. The van der Waals surface area contributed by atoms with Crippen molar-refractivity contribution < 1.29 is 32.6 Å². The van der Waals surface area contributed by atoms with Crippen molar-refractivity contribution >= 4 is 17.5 Å². The lowest BCUT2D eigenvalue weighted by Gasteiger charge is -2.27. The predicted molar refractivity (Wildman–Crippen MR) is 63.7 cm³/mol. The van der Waals surface area contributed by atoms with Gasteiger partial charge in [-0.15, -0.1) is 0 Å². The Morgan fingerprint density at radius 1 is 1.16 bits per heavy atom. The van der Waals surface area contributed by atoms with Crippen LogP contribution in [0.1, 0.15) is 32.1 Å². The van der Waals surface area contributed by atoms with E-state index in [-0.39, 0.29) is 35.8 Å². The Morgan fingerprint density at radius 2 is 1.68 bits per heavy atom. The summed E-state index contributed by atoms with van der Waals surface area (Å²) in [6.07, 6.45) is 6.89. The minimum Gasteiger partial charge on any atom is -1.00 e. The molecule has 0 atom stereocenters. The molecule has 2 aliphatic carbocycles. The fraction of sp³-hybridized carbons (Fsp3) is 0.615. The first-order chi connectivity index (χ1) is 8.61. The number of amides is 1. The van der Waals surface area contributed by atoms with Crippen LogP contribution in [-0.4, -0.2) is 17.5 Å². The van der Waals surface area contributed by atoms with E-state index in [2.05, 4.69) is 11.3 Å². The molecular weight excluding hydrogens is 268 g/mol. The van der Waals surface area contributed by atoms with E-state index in [0.29, 0.717) is 12.3 Å². The first-order valence-electron chi connectivity index (χ1n) is 6.44. The number of quaternary nitrogens is 1. The fourth-order valence-electron chi connectivity index (χ4n) is 2.91. The van der Waals surface area contributed by atoms with Gasteiger partial charge in [0.05, 0.1) is 5.92 Å². The molecule has 0 bridgehead atoms. The number of halogens is 1. The van der Waals surface area contributed by atoms with Crippen LogP contribution in [0.5, 0.6) is 0 Å². The number of hydrogen-bond acceptors (Lipinski definition) is 3. The molecule has 0 saturated heterocycles. The van der Waals surface area contributed by atoms with Gasteiger partial charge in [-0.3, -0.25) is 20.2 Å². The Labute approximate surface area is 118 Å². The van der Waals surface area contributed by atoms with E-state index >= 15 is 0 Å². The molecule has 0 aromatic carbocycles. The van der Waals surface area contributed by atoms with E-state index in [0.717, 1.165) is 25.7 Å². The van der Waals surface area contributed by atoms with Gasteiger partial charge in [-0.25, -0.2) is 5.43 Å². The molecular formula is C13H19ClN2O3. The third-order valence-electron chi connectivity index (χ3n) is 4.06. The van der Waals surface area contributed by atoms with Gasteiger partial charge in [0.25, 0.3) is 5.91 Å². The van der Waals surface area contributed by atoms with Crippen molar-refractivity contribution in [2.24, 2.45) is 17.8 Å². The molecule has 4 N–H and O–H groups in total. The molecule has 0 aromatic rings. The van der Waals surface area contributed by atoms with Gasteiger partial charge in [-0.2, -0.15) is 0 Å². The summed E-state index contributed by atoms with van der Waals surface area (Å²) in [5.41, 5.74) is 2.43. The molecule has 0 aliphatic heterocycles. The molecule has 1 fully saturated rings. The first-order valence-corrected chi connectivity index (χ1v) is 6.44. The quantitative estimate of drug-likeness (QED) is 0.422. The highest BCUT2D eigenvalue weighted by Gasteiger charge is 2.33. The number of rotatable bonds is 3. The maximum Gasteiger partial charge on any atom is 0.267 e. The van der Waals surface area contributed by atoms with E-state index in [4.69, 9.17) is 0 Å². The second-order valence-electron chi connectivity index (χ2n) is 5.19. The lowest BCUT2D eigenvalue weighted by atomic mass is 9.77. The lowest BCUT2D eigenvalue weighted by molar-refractivity contribution is -0.428. The number of carbonyl (C=O) groups excluding carboxylic acids is 3. The van der Waals surface area contributed by atoms with Gasteiger partial charge in [-0.05, 0) is 50.2 Å². The van der Waals surface area contributed by atoms with Crippen LogP contribution in [0.2, 0.25) is 0 Å². The monoisotopic (exact) mass is 286 g/mol. The molecule has 0 aromatic heterocycles. The molecule has 5 nitrogen and oxygen atoms in total. The first kappa shape index (κ1) is 15.9. The second-order valence-corrected chi connectivity index (χ2v) is 5.19. The normalized spacial score (nSPS) is 27.2. The van der Waals surface area contributed by atoms with Crippen molar-refractivity contribution in [2.45, 2.75) is 32.1 Å². The van der Waals surface area contributed by atoms with Crippen LogP contribution in [0.3, 0.4) is 0 Å². The van der Waals surface area contributed by atoms with Crippen molar-refractivity contribution in [2.75, 3.05) is 0 Å². The molecule has 19 heavy (non-hydrogen) atoms. The number of hydrogen-bond donors (Lipinski definition) is 2. The minimum atomic E-state index is -0.451. The minimum absolute atomic E-state index is 0. The number of allylic oxidation sites excluding steroid dienone is 2. The van der Waals surface area contributed by atoms with Gasteiger partial charge in [-0.1, -0.05) is 0 Å². The summed E-state index contributed by atoms with van der Waals surface area (Å²) < 4.78 is 0. The van der Waals surface area contributed by atoms with E-state index in [1.54, 1.807) is 0 Å². The molecule has 0 spiro atoms. The highest BCUT2D eigenvalue weighted by Crippen LogP contribution is 2.34. The SMILES string of the molecule is [Cl-].[NH3+]NC(=O)C1CCC(CC2C(=O)C=CC2=O)CC1. The van der Waals surface area contributed by atoms with Crippen molar-refractivity contribution in [1.29, 1.82) is 0 Å². The van der Waals surface area contributed by atoms with Gasteiger partial charge in [0, 0.05) is 5.92 Å². The second kappa shape index (κ2) is 6.82. The largest absolute Gasteiger partial charge is 1.00 e. The Hall–Kier alpha value is -1.20. The van der Waals surface area contributed by atoms with E-state index in [1.807, 2.05) is 0 Å². The molecule has 0 unspecified atom stereocenters. The summed E-state index contributed by atoms with van der Waals surface area (Å²) in [6.45, 7) is 0. The number of carbonyl (C=O) groups is 3. The standard InChI is InChI=1S/C13H18N2O3.ClH/c14-15-13(18)9-3-1-8(2-4-9)7-10-11(16)5-6-12(10)17;/h5-6,8-10H,1-4,7,14H2,(H,15,18);1H. The Kier molecular flexibility index (Phi) is 5.69. The third kappa shape index (κ3) is 3.64. The van der Waals surface area contributed by atoms with Gasteiger partial charge in [0.15, 0.2) is 11.6 Å². The molecule has 0 heterocycles. The number of nitrogens with one attached hydrogen (secondary N) is 1. The number of ketones is 2. The van der Waals surface area contributed by atoms with Crippen LogP contribution in [0.4, 0.5) is 0 Å². The average Bonchev–Trinajstić information content (AvgIpc) is 2.70. The average molecular weight is 287 g/mol. The van der Waals surface area contributed by atoms with Gasteiger partial charge < -0.3 is 12.4 Å². The van der Waals surface area contributed by atoms with Crippen LogP contribution >= 0.6 is 0 Å². The van der Waals surface area contributed by atoms with E-state index in [1.165, 1.54) is 12.2 Å².